The van der Waals surface area contributed by atoms with Crippen molar-refractivity contribution in [3.63, 3.8) is 0 Å². The highest BCUT2D eigenvalue weighted by atomic mass is 35.5. The molecule has 2 rings (SSSR count). The van der Waals surface area contributed by atoms with Crippen molar-refractivity contribution >= 4 is 28.9 Å². The van der Waals surface area contributed by atoms with Gasteiger partial charge in [-0.05, 0) is 12.1 Å². The van der Waals surface area contributed by atoms with Gasteiger partial charge in [0.2, 0.25) is 0 Å². The third-order valence-corrected chi connectivity index (χ3v) is 3.12. The van der Waals surface area contributed by atoms with Gasteiger partial charge in [0.1, 0.15) is 18.2 Å². The Morgan fingerprint density at radius 1 is 1.11 bits per heavy atom. The van der Waals surface area contributed by atoms with Crippen LogP contribution in [0.3, 0.4) is 0 Å². The first-order valence-corrected chi connectivity index (χ1v) is 5.94. The van der Waals surface area contributed by atoms with Crippen molar-refractivity contribution in [1.82, 2.24) is 0 Å². The van der Waals surface area contributed by atoms with E-state index in [0.717, 1.165) is 0 Å². The average Bonchev–Trinajstić information content (AvgIpc) is 2.34. The van der Waals surface area contributed by atoms with E-state index >= 15 is 0 Å². The van der Waals surface area contributed by atoms with Crippen LogP contribution in [0.1, 0.15) is 5.56 Å². The van der Waals surface area contributed by atoms with E-state index in [1.807, 2.05) is 0 Å². The van der Waals surface area contributed by atoms with Crippen LogP contribution in [0.2, 0.25) is 10.0 Å². The minimum absolute atomic E-state index is 0.0782. The van der Waals surface area contributed by atoms with Crippen molar-refractivity contribution in [2.45, 2.75) is 6.61 Å². The molecule has 2 nitrogen and oxygen atoms in total. The van der Waals surface area contributed by atoms with Gasteiger partial charge < -0.3 is 10.5 Å². The Balaban J connectivity index is 2.16. The molecular formula is C13H10Cl2FNO. The second-order valence-electron chi connectivity index (χ2n) is 3.68. The summed E-state index contributed by atoms with van der Waals surface area (Å²) in [6, 6.07) is 9.38. The summed E-state index contributed by atoms with van der Waals surface area (Å²) in [5.74, 6) is 0.0591. The smallest absolute Gasteiger partial charge is 0.144 e. The van der Waals surface area contributed by atoms with Crippen molar-refractivity contribution in [3.8, 4) is 5.75 Å². The number of benzene rings is 2. The van der Waals surface area contributed by atoms with E-state index in [-0.39, 0.29) is 12.4 Å². The molecule has 0 saturated heterocycles. The number of hydrogen-bond donors (Lipinski definition) is 1. The lowest BCUT2D eigenvalue weighted by Gasteiger charge is -2.10. The largest absolute Gasteiger partial charge is 0.487 e. The van der Waals surface area contributed by atoms with Gasteiger partial charge in [-0.1, -0.05) is 41.4 Å². The molecule has 0 unspecified atom stereocenters. The lowest BCUT2D eigenvalue weighted by Crippen LogP contribution is -2.00. The summed E-state index contributed by atoms with van der Waals surface area (Å²) >= 11 is 11.7. The normalized spacial score (nSPS) is 10.4. The van der Waals surface area contributed by atoms with Crippen LogP contribution >= 0.6 is 23.2 Å². The molecule has 0 aromatic heterocycles. The molecule has 0 spiro atoms. The number of anilines is 1. The van der Waals surface area contributed by atoms with Crippen molar-refractivity contribution in [3.05, 3.63) is 57.8 Å². The molecule has 0 amide bonds. The molecule has 5 heteroatoms. The molecule has 2 aromatic carbocycles. The van der Waals surface area contributed by atoms with E-state index in [1.165, 1.54) is 18.2 Å². The number of hydrogen-bond acceptors (Lipinski definition) is 2. The SMILES string of the molecule is Nc1cc(Cl)c(Cl)cc1OCc1ccccc1F. The number of nitrogens with two attached hydrogens (primary N) is 1. The van der Waals surface area contributed by atoms with Gasteiger partial charge in [0.15, 0.2) is 0 Å². The molecule has 0 heterocycles. The molecule has 2 aromatic rings. The predicted molar refractivity (Wildman–Crippen MR) is 71.6 cm³/mol. The number of rotatable bonds is 3. The van der Waals surface area contributed by atoms with E-state index < -0.39 is 0 Å². The fourth-order valence-electron chi connectivity index (χ4n) is 1.44. The number of halogens is 3. The Hall–Kier alpha value is -1.45. The standard InChI is InChI=1S/C13H10Cl2FNO/c14-9-5-12(17)13(6-10(9)15)18-7-8-3-1-2-4-11(8)16/h1-6H,7,17H2. The van der Waals surface area contributed by atoms with Crippen LogP contribution in [0.25, 0.3) is 0 Å². The fourth-order valence-corrected chi connectivity index (χ4v) is 1.77. The van der Waals surface area contributed by atoms with E-state index in [2.05, 4.69) is 0 Å². The van der Waals surface area contributed by atoms with Gasteiger partial charge in [-0.15, -0.1) is 0 Å². The summed E-state index contributed by atoms with van der Waals surface area (Å²) in [5.41, 5.74) is 6.54. The molecule has 2 N–H and O–H groups in total. The lowest BCUT2D eigenvalue weighted by atomic mass is 10.2. The Morgan fingerprint density at radius 3 is 2.50 bits per heavy atom. The Bertz CT molecular complexity index is 575. The van der Waals surface area contributed by atoms with Gasteiger partial charge >= 0.3 is 0 Å². The van der Waals surface area contributed by atoms with Crippen molar-refractivity contribution in [2.24, 2.45) is 0 Å². The third-order valence-electron chi connectivity index (χ3n) is 2.39. The van der Waals surface area contributed by atoms with Crippen LogP contribution in [0.4, 0.5) is 10.1 Å². The zero-order valence-corrected chi connectivity index (χ0v) is 10.8. The highest BCUT2D eigenvalue weighted by molar-refractivity contribution is 6.42. The Kier molecular flexibility index (Phi) is 3.94. The van der Waals surface area contributed by atoms with Crippen LogP contribution in [0, 0.1) is 5.82 Å². The molecule has 0 fully saturated rings. The van der Waals surface area contributed by atoms with E-state index in [4.69, 9.17) is 33.7 Å². The van der Waals surface area contributed by atoms with Crippen LogP contribution in [0.5, 0.6) is 5.75 Å². The van der Waals surface area contributed by atoms with Crippen LogP contribution < -0.4 is 10.5 Å². The zero-order valence-electron chi connectivity index (χ0n) is 9.29. The summed E-state index contributed by atoms with van der Waals surface area (Å²) in [7, 11) is 0. The molecule has 0 aliphatic heterocycles. The van der Waals surface area contributed by atoms with Crippen LogP contribution in [0.15, 0.2) is 36.4 Å². The predicted octanol–water partition coefficient (Wildman–Crippen LogP) is 4.29. The van der Waals surface area contributed by atoms with Crippen molar-refractivity contribution < 1.29 is 9.13 Å². The average molecular weight is 286 g/mol. The molecular weight excluding hydrogens is 276 g/mol. The molecule has 0 aliphatic rings. The van der Waals surface area contributed by atoms with Crippen LogP contribution in [-0.4, -0.2) is 0 Å². The first-order valence-electron chi connectivity index (χ1n) is 5.18. The monoisotopic (exact) mass is 285 g/mol. The fraction of sp³-hybridized carbons (Fsp3) is 0.0769. The second kappa shape index (κ2) is 5.46. The molecule has 18 heavy (non-hydrogen) atoms. The minimum Gasteiger partial charge on any atom is -0.487 e. The highest BCUT2D eigenvalue weighted by Gasteiger charge is 2.07. The van der Waals surface area contributed by atoms with E-state index in [1.54, 1.807) is 18.2 Å². The molecule has 0 radical (unpaired) electrons. The van der Waals surface area contributed by atoms with Gasteiger partial charge in [0.25, 0.3) is 0 Å². The Labute approximate surface area is 114 Å². The maximum Gasteiger partial charge on any atom is 0.144 e. The second-order valence-corrected chi connectivity index (χ2v) is 4.50. The maximum absolute atomic E-state index is 13.4. The molecule has 0 atom stereocenters. The zero-order chi connectivity index (χ0) is 13.1. The number of nitrogen functional groups attached to an aromatic ring is 1. The maximum atomic E-state index is 13.4. The van der Waals surface area contributed by atoms with Crippen molar-refractivity contribution in [1.29, 1.82) is 0 Å². The summed E-state index contributed by atoms with van der Waals surface area (Å²) in [6.07, 6.45) is 0. The summed E-state index contributed by atoms with van der Waals surface area (Å²) in [5, 5.41) is 0.696. The number of ether oxygens (including phenoxy) is 1. The van der Waals surface area contributed by atoms with Gasteiger partial charge in [-0.25, -0.2) is 4.39 Å². The Morgan fingerprint density at radius 2 is 1.78 bits per heavy atom. The van der Waals surface area contributed by atoms with E-state index in [9.17, 15) is 4.39 Å². The molecule has 0 bridgehead atoms. The first-order chi connectivity index (χ1) is 8.58. The molecule has 94 valence electrons. The summed E-state index contributed by atoms with van der Waals surface area (Å²) in [4.78, 5) is 0. The van der Waals surface area contributed by atoms with Gasteiger partial charge in [0, 0.05) is 11.6 Å². The van der Waals surface area contributed by atoms with Gasteiger partial charge in [-0.3, -0.25) is 0 Å². The van der Waals surface area contributed by atoms with E-state index in [0.29, 0.717) is 27.0 Å². The van der Waals surface area contributed by atoms with Crippen molar-refractivity contribution in [2.75, 3.05) is 5.73 Å². The third kappa shape index (κ3) is 2.86. The lowest BCUT2D eigenvalue weighted by molar-refractivity contribution is 0.301. The molecule has 0 aliphatic carbocycles. The van der Waals surface area contributed by atoms with Gasteiger partial charge in [0.05, 0.1) is 15.7 Å². The minimum atomic E-state index is -0.323. The topological polar surface area (TPSA) is 35.2 Å². The van der Waals surface area contributed by atoms with Gasteiger partial charge in [-0.2, -0.15) is 0 Å². The summed E-state index contributed by atoms with van der Waals surface area (Å²) < 4.78 is 18.8. The highest BCUT2D eigenvalue weighted by Crippen LogP contribution is 2.32. The van der Waals surface area contributed by atoms with Crippen LogP contribution in [-0.2, 0) is 6.61 Å². The first kappa shape index (κ1) is 13.0. The quantitative estimate of drug-likeness (QED) is 0.854. The summed E-state index contributed by atoms with van der Waals surface area (Å²) in [6.45, 7) is 0.0782. The molecule has 0 saturated carbocycles.